The normalized spacial score (nSPS) is 25.8. The summed E-state index contributed by atoms with van der Waals surface area (Å²) in [6, 6.07) is 5.48. The Labute approximate surface area is 155 Å². The van der Waals surface area contributed by atoms with E-state index >= 15 is 0 Å². The van der Waals surface area contributed by atoms with Crippen molar-refractivity contribution in [2.24, 2.45) is 11.8 Å². The summed E-state index contributed by atoms with van der Waals surface area (Å²) in [5, 5.41) is 0.568. The molecular formula is C18H19ClN2O3S. The minimum Gasteiger partial charge on any atom is -0.309 e. The van der Waals surface area contributed by atoms with E-state index in [1.165, 1.54) is 4.90 Å². The lowest BCUT2D eigenvalue weighted by Gasteiger charge is -2.30. The molecule has 2 aliphatic heterocycles. The van der Waals surface area contributed by atoms with Crippen LogP contribution in [0.1, 0.15) is 25.7 Å². The molecule has 0 bridgehead atoms. The maximum atomic E-state index is 12.9. The SMILES string of the molecule is O=C1C2CCCCC2C(=O)N1CC(=O)N1CCSc2ccc(Cl)cc21. The topological polar surface area (TPSA) is 57.7 Å². The molecule has 2 heterocycles. The third-order valence-corrected chi connectivity index (χ3v) is 6.59. The van der Waals surface area contributed by atoms with E-state index < -0.39 is 0 Å². The van der Waals surface area contributed by atoms with Crippen LogP contribution in [0.3, 0.4) is 0 Å². The van der Waals surface area contributed by atoms with E-state index in [0.29, 0.717) is 11.6 Å². The molecule has 132 valence electrons. The summed E-state index contributed by atoms with van der Waals surface area (Å²) < 4.78 is 0. The summed E-state index contributed by atoms with van der Waals surface area (Å²) >= 11 is 7.76. The van der Waals surface area contributed by atoms with Gasteiger partial charge in [0.15, 0.2) is 0 Å². The van der Waals surface area contributed by atoms with Gasteiger partial charge in [0, 0.05) is 22.2 Å². The predicted octanol–water partition coefficient (Wildman–Crippen LogP) is 2.95. The summed E-state index contributed by atoms with van der Waals surface area (Å²) in [6.45, 7) is 0.390. The average Bonchev–Trinajstić information content (AvgIpc) is 2.86. The highest BCUT2D eigenvalue weighted by Gasteiger charge is 2.48. The fourth-order valence-electron chi connectivity index (χ4n) is 4.06. The number of amides is 3. The van der Waals surface area contributed by atoms with E-state index in [1.54, 1.807) is 28.8 Å². The van der Waals surface area contributed by atoms with E-state index in [-0.39, 0.29) is 36.1 Å². The summed E-state index contributed by atoms with van der Waals surface area (Å²) in [5.41, 5.74) is 0.769. The number of imide groups is 1. The van der Waals surface area contributed by atoms with Crippen LogP contribution in [-0.2, 0) is 14.4 Å². The van der Waals surface area contributed by atoms with Crippen molar-refractivity contribution in [3.05, 3.63) is 23.2 Å². The Bertz CT molecular complexity index is 730. The number of likely N-dealkylation sites (tertiary alicyclic amines) is 1. The van der Waals surface area contributed by atoms with Crippen molar-refractivity contribution in [3.63, 3.8) is 0 Å². The number of rotatable bonds is 2. The third-order valence-electron chi connectivity index (χ3n) is 5.31. The second-order valence-corrected chi connectivity index (χ2v) is 8.34. The predicted molar refractivity (Wildman–Crippen MR) is 96.7 cm³/mol. The Balaban J connectivity index is 1.54. The van der Waals surface area contributed by atoms with Crippen LogP contribution in [0, 0.1) is 11.8 Å². The van der Waals surface area contributed by atoms with Gasteiger partial charge in [0.2, 0.25) is 17.7 Å². The van der Waals surface area contributed by atoms with Crippen LogP contribution in [0.2, 0.25) is 5.02 Å². The lowest BCUT2D eigenvalue weighted by molar-refractivity contribution is -0.143. The van der Waals surface area contributed by atoms with E-state index in [4.69, 9.17) is 11.6 Å². The summed E-state index contributed by atoms with van der Waals surface area (Å²) in [5.74, 6) is -0.195. The van der Waals surface area contributed by atoms with Gasteiger partial charge in [-0.1, -0.05) is 24.4 Å². The van der Waals surface area contributed by atoms with Crippen LogP contribution in [0.5, 0.6) is 0 Å². The van der Waals surface area contributed by atoms with E-state index in [9.17, 15) is 14.4 Å². The van der Waals surface area contributed by atoms with Crippen LogP contribution >= 0.6 is 23.4 Å². The van der Waals surface area contributed by atoms with E-state index in [2.05, 4.69) is 0 Å². The summed E-state index contributed by atoms with van der Waals surface area (Å²) in [6.07, 6.45) is 3.49. The molecule has 2 fully saturated rings. The first-order valence-corrected chi connectivity index (χ1v) is 10.0. The van der Waals surface area contributed by atoms with Crippen molar-refractivity contribution in [1.29, 1.82) is 0 Å². The van der Waals surface area contributed by atoms with Crippen LogP contribution in [-0.4, -0.2) is 41.5 Å². The number of carbonyl (C=O) groups excluding carboxylic acids is 3. The monoisotopic (exact) mass is 378 g/mol. The average molecular weight is 379 g/mol. The number of halogens is 1. The number of carbonyl (C=O) groups is 3. The molecule has 25 heavy (non-hydrogen) atoms. The molecule has 2 unspecified atom stereocenters. The first kappa shape index (κ1) is 16.9. The molecule has 3 amide bonds. The standard InChI is InChI=1S/C18H19ClN2O3S/c19-11-5-6-15-14(9-11)20(7-8-25-15)16(22)10-21-17(23)12-3-1-2-4-13(12)18(21)24/h5-6,9,12-13H,1-4,7-8,10H2. The molecule has 0 aromatic heterocycles. The summed E-state index contributed by atoms with van der Waals surface area (Å²) in [4.78, 5) is 41.8. The van der Waals surface area contributed by atoms with Gasteiger partial charge in [-0.15, -0.1) is 11.8 Å². The fourth-order valence-corrected chi connectivity index (χ4v) is 5.20. The highest BCUT2D eigenvalue weighted by atomic mass is 35.5. The molecule has 3 aliphatic rings. The number of thioether (sulfide) groups is 1. The maximum Gasteiger partial charge on any atom is 0.247 e. The molecule has 2 atom stereocenters. The quantitative estimate of drug-likeness (QED) is 0.742. The Hall–Kier alpha value is -1.53. The van der Waals surface area contributed by atoms with Crippen LogP contribution in [0.15, 0.2) is 23.1 Å². The minimum absolute atomic E-state index is 0.165. The number of hydrogen-bond donors (Lipinski definition) is 0. The Morgan fingerprint density at radius 3 is 2.52 bits per heavy atom. The van der Waals surface area contributed by atoms with Crippen molar-refractivity contribution < 1.29 is 14.4 Å². The van der Waals surface area contributed by atoms with Crippen molar-refractivity contribution in [2.75, 3.05) is 23.7 Å². The van der Waals surface area contributed by atoms with Crippen LogP contribution < -0.4 is 4.90 Å². The summed E-state index contributed by atoms with van der Waals surface area (Å²) in [7, 11) is 0. The van der Waals surface area contributed by atoms with Crippen molar-refractivity contribution >= 4 is 46.8 Å². The zero-order valence-corrected chi connectivity index (χ0v) is 15.3. The molecule has 0 radical (unpaired) electrons. The Morgan fingerprint density at radius 2 is 1.84 bits per heavy atom. The molecular weight excluding hydrogens is 360 g/mol. The van der Waals surface area contributed by atoms with Gasteiger partial charge in [0.1, 0.15) is 6.54 Å². The lowest BCUT2D eigenvalue weighted by Crippen LogP contribution is -2.45. The number of fused-ring (bicyclic) bond motifs is 2. The zero-order chi connectivity index (χ0) is 17.6. The first-order chi connectivity index (χ1) is 12.1. The number of anilines is 1. The molecule has 1 aromatic carbocycles. The molecule has 1 aliphatic carbocycles. The van der Waals surface area contributed by atoms with Gasteiger partial charge in [-0.2, -0.15) is 0 Å². The fraction of sp³-hybridized carbons (Fsp3) is 0.500. The molecule has 1 aromatic rings. The highest BCUT2D eigenvalue weighted by Crippen LogP contribution is 2.39. The molecule has 1 saturated heterocycles. The van der Waals surface area contributed by atoms with Gasteiger partial charge < -0.3 is 4.90 Å². The van der Waals surface area contributed by atoms with E-state index in [1.807, 2.05) is 6.07 Å². The van der Waals surface area contributed by atoms with Crippen LogP contribution in [0.25, 0.3) is 0 Å². The molecule has 4 rings (SSSR count). The molecule has 1 saturated carbocycles. The molecule has 0 N–H and O–H groups in total. The minimum atomic E-state index is -0.218. The van der Waals surface area contributed by atoms with Gasteiger partial charge >= 0.3 is 0 Å². The van der Waals surface area contributed by atoms with Gasteiger partial charge in [-0.3, -0.25) is 19.3 Å². The second-order valence-electron chi connectivity index (χ2n) is 6.77. The zero-order valence-electron chi connectivity index (χ0n) is 13.7. The van der Waals surface area contributed by atoms with Crippen molar-refractivity contribution in [2.45, 2.75) is 30.6 Å². The molecule has 0 spiro atoms. The van der Waals surface area contributed by atoms with Gasteiger partial charge in [0.25, 0.3) is 0 Å². The van der Waals surface area contributed by atoms with Gasteiger partial charge in [0.05, 0.1) is 17.5 Å². The first-order valence-electron chi connectivity index (χ1n) is 8.64. The number of nitrogens with zero attached hydrogens (tertiary/aromatic N) is 2. The highest BCUT2D eigenvalue weighted by molar-refractivity contribution is 7.99. The molecule has 7 heteroatoms. The van der Waals surface area contributed by atoms with Crippen LogP contribution in [0.4, 0.5) is 5.69 Å². The third kappa shape index (κ3) is 2.95. The smallest absolute Gasteiger partial charge is 0.247 e. The maximum absolute atomic E-state index is 12.9. The number of hydrogen-bond acceptors (Lipinski definition) is 4. The molecule has 5 nitrogen and oxygen atoms in total. The second kappa shape index (κ2) is 6.65. The largest absolute Gasteiger partial charge is 0.309 e. The number of benzene rings is 1. The van der Waals surface area contributed by atoms with Crippen molar-refractivity contribution in [3.8, 4) is 0 Å². The van der Waals surface area contributed by atoms with Gasteiger partial charge in [-0.05, 0) is 31.0 Å². The van der Waals surface area contributed by atoms with E-state index in [0.717, 1.165) is 42.0 Å². The Morgan fingerprint density at radius 1 is 1.16 bits per heavy atom. The Kier molecular flexibility index (Phi) is 4.50. The van der Waals surface area contributed by atoms with Gasteiger partial charge in [-0.25, -0.2) is 0 Å². The lowest BCUT2D eigenvalue weighted by atomic mass is 9.81. The van der Waals surface area contributed by atoms with Crippen molar-refractivity contribution in [1.82, 2.24) is 4.90 Å².